The Morgan fingerprint density at radius 1 is 1.73 bits per heavy atom. The van der Waals surface area contributed by atoms with Crippen LogP contribution in [-0.2, 0) is 13.5 Å². The topological polar surface area (TPSA) is 46.9 Å². The van der Waals surface area contributed by atoms with E-state index in [1.54, 1.807) is 11.7 Å². The van der Waals surface area contributed by atoms with Gasteiger partial charge in [-0.1, -0.05) is 22.9 Å². The van der Waals surface area contributed by atoms with Gasteiger partial charge < -0.3 is 5.32 Å². The van der Waals surface area contributed by atoms with Crippen molar-refractivity contribution in [2.45, 2.75) is 26.3 Å². The lowest BCUT2D eigenvalue weighted by Crippen LogP contribution is -2.34. The lowest BCUT2D eigenvalue weighted by molar-refractivity contribution is 0.0934. The quantitative estimate of drug-likeness (QED) is 0.846. The van der Waals surface area contributed by atoms with Gasteiger partial charge in [0.1, 0.15) is 5.69 Å². The highest BCUT2D eigenvalue weighted by molar-refractivity contribution is 9.09. The molecule has 0 fully saturated rings. The largest absolute Gasteiger partial charge is 0.347 e. The third-order valence-electron chi connectivity index (χ3n) is 2.13. The molecule has 4 nitrogen and oxygen atoms in total. The summed E-state index contributed by atoms with van der Waals surface area (Å²) in [6, 6.07) is 1.95. The Hall–Kier alpha value is -0.840. The van der Waals surface area contributed by atoms with Crippen LogP contribution < -0.4 is 5.32 Å². The van der Waals surface area contributed by atoms with E-state index in [0.29, 0.717) is 5.69 Å². The first-order chi connectivity index (χ1) is 7.08. The Labute approximate surface area is 98.2 Å². The van der Waals surface area contributed by atoms with Crippen LogP contribution in [0.1, 0.15) is 30.0 Å². The van der Waals surface area contributed by atoms with Crippen LogP contribution in [0.3, 0.4) is 0 Å². The van der Waals surface area contributed by atoms with Gasteiger partial charge >= 0.3 is 0 Å². The van der Waals surface area contributed by atoms with Crippen molar-refractivity contribution in [2.75, 3.05) is 5.33 Å². The van der Waals surface area contributed by atoms with Crippen molar-refractivity contribution in [3.05, 3.63) is 17.5 Å². The molecule has 1 unspecified atom stereocenters. The van der Waals surface area contributed by atoms with Crippen molar-refractivity contribution in [1.82, 2.24) is 15.1 Å². The third-order valence-corrected chi connectivity index (χ3v) is 3.11. The van der Waals surface area contributed by atoms with Crippen LogP contribution in [0.4, 0.5) is 0 Å². The van der Waals surface area contributed by atoms with E-state index in [2.05, 4.69) is 26.3 Å². The normalized spacial score (nSPS) is 12.5. The van der Waals surface area contributed by atoms with Gasteiger partial charge in [-0.25, -0.2) is 0 Å². The van der Waals surface area contributed by atoms with Crippen molar-refractivity contribution < 1.29 is 4.79 Å². The van der Waals surface area contributed by atoms with Gasteiger partial charge in [0, 0.05) is 18.4 Å². The number of aromatic nitrogens is 2. The Morgan fingerprint density at radius 2 is 2.40 bits per heavy atom. The summed E-state index contributed by atoms with van der Waals surface area (Å²) in [5.74, 6) is -0.0725. The molecule has 0 aliphatic heterocycles. The van der Waals surface area contributed by atoms with Crippen molar-refractivity contribution >= 4 is 21.8 Å². The average molecular weight is 274 g/mol. The predicted molar refractivity (Wildman–Crippen MR) is 63.3 cm³/mol. The molecule has 1 aromatic rings. The van der Waals surface area contributed by atoms with Crippen LogP contribution in [0.5, 0.6) is 0 Å². The Bertz CT molecular complexity index is 348. The monoisotopic (exact) mass is 273 g/mol. The van der Waals surface area contributed by atoms with Crippen molar-refractivity contribution in [3.8, 4) is 0 Å². The molecular formula is C10H16BrN3O. The van der Waals surface area contributed by atoms with Crippen LogP contribution in [0, 0.1) is 0 Å². The van der Waals surface area contributed by atoms with Gasteiger partial charge in [-0.3, -0.25) is 9.48 Å². The number of amides is 1. The molecule has 0 aliphatic rings. The molecule has 1 heterocycles. The Morgan fingerprint density at radius 3 is 2.87 bits per heavy atom. The summed E-state index contributed by atoms with van der Waals surface area (Å²) >= 11 is 3.32. The maximum absolute atomic E-state index is 11.8. The highest BCUT2D eigenvalue weighted by atomic mass is 79.9. The summed E-state index contributed by atoms with van der Waals surface area (Å²) < 4.78 is 1.62. The summed E-state index contributed by atoms with van der Waals surface area (Å²) in [4.78, 5) is 11.8. The molecule has 84 valence electrons. The number of hydrogen-bond acceptors (Lipinski definition) is 2. The van der Waals surface area contributed by atoms with Gasteiger partial charge in [0.05, 0.1) is 5.69 Å². The van der Waals surface area contributed by atoms with Gasteiger partial charge in [0.25, 0.3) is 5.91 Å². The number of alkyl halides is 1. The van der Waals surface area contributed by atoms with E-state index in [1.165, 1.54) is 0 Å². The molecule has 0 saturated heterocycles. The van der Waals surface area contributed by atoms with E-state index in [4.69, 9.17) is 0 Å². The molecule has 1 N–H and O–H groups in total. The number of carbonyl (C=O) groups is 1. The van der Waals surface area contributed by atoms with E-state index in [0.717, 1.165) is 17.4 Å². The highest BCUT2D eigenvalue weighted by Gasteiger charge is 2.13. The number of halogens is 1. The second-order valence-electron chi connectivity index (χ2n) is 3.53. The van der Waals surface area contributed by atoms with E-state index >= 15 is 0 Å². The fourth-order valence-electron chi connectivity index (χ4n) is 1.25. The minimum atomic E-state index is -0.0725. The van der Waals surface area contributed by atoms with Crippen LogP contribution in [0.25, 0.3) is 0 Å². The Kier molecular flexibility index (Phi) is 4.32. The third kappa shape index (κ3) is 3.06. The zero-order valence-electron chi connectivity index (χ0n) is 9.25. The first-order valence-electron chi connectivity index (χ1n) is 4.98. The molecule has 0 bridgehead atoms. The first kappa shape index (κ1) is 12.2. The number of nitrogens with one attached hydrogen (secondary N) is 1. The second-order valence-corrected chi connectivity index (χ2v) is 4.17. The van der Waals surface area contributed by atoms with E-state index in [-0.39, 0.29) is 11.9 Å². The van der Waals surface area contributed by atoms with Crippen LogP contribution in [0.15, 0.2) is 6.07 Å². The molecule has 1 rings (SSSR count). The van der Waals surface area contributed by atoms with Gasteiger partial charge in [0.2, 0.25) is 0 Å². The fraction of sp³-hybridized carbons (Fsp3) is 0.600. The summed E-state index contributed by atoms with van der Waals surface area (Å²) in [6.45, 7) is 3.97. The summed E-state index contributed by atoms with van der Waals surface area (Å²) in [5, 5.41) is 7.85. The number of hydrogen-bond donors (Lipinski definition) is 1. The summed E-state index contributed by atoms with van der Waals surface area (Å²) in [7, 11) is 1.78. The maximum Gasteiger partial charge on any atom is 0.269 e. The standard InChI is InChI=1S/C10H16BrN3O/c1-4-8-5-9(14(3)13-8)10(15)12-7(2)6-11/h5,7H,4,6H2,1-3H3,(H,12,15). The minimum Gasteiger partial charge on any atom is -0.347 e. The number of rotatable bonds is 4. The summed E-state index contributed by atoms with van der Waals surface area (Å²) in [5.41, 5.74) is 1.55. The van der Waals surface area contributed by atoms with E-state index in [9.17, 15) is 4.79 Å². The molecule has 0 saturated carbocycles. The van der Waals surface area contributed by atoms with Crippen LogP contribution in [-0.4, -0.2) is 27.1 Å². The zero-order valence-corrected chi connectivity index (χ0v) is 10.8. The average Bonchev–Trinajstić information content (AvgIpc) is 2.59. The maximum atomic E-state index is 11.8. The van der Waals surface area contributed by atoms with E-state index in [1.807, 2.05) is 19.9 Å². The molecule has 5 heteroatoms. The molecule has 0 radical (unpaired) electrons. The van der Waals surface area contributed by atoms with Crippen molar-refractivity contribution in [3.63, 3.8) is 0 Å². The van der Waals surface area contributed by atoms with Crippen molar-refractivity contribution in [1.29, 1.82) is 0 Å². The zero-order chi connectivity index (χ0) is 11.4. The van der Waals surface area contributed by atoms with Crippen molar-refractivity contribution in [2.24, 2.45) is 7.05 Å². The molecule has 0 aliphatic carbocycles. The summed E-state index contributed by atoms with van der Waals surface area (Å²) in [6.07, 6.45) is 0.842. The van der Waals surface area contributed by atoms with Gasteiger partial charge in [-0.15, -0.1) is 0 Å². The lowest BCUT2D eigenvalue weighted by Gasteiger charge is -2.10. The number of nitrogens with zero attached hydrogens (tertiary/aromatic N) is 2. The molecule has 1 amide bonds. The minimum absolute atomic E-state index is 0.0725. The molecule has 15 heavy (non-hydrogen) atoms. The predicted octanol–water partition coefficient (Wildman–Crippen LogP) is 1.50. The highest BCUT2D eigenvalue weighted by Crippen LogP contribution is 2.04. The van der Waals surface area contributed by atoms with Gasteiger partial charge in [-0.05, 0) is 19.4 Å². The number of aryl methyl sites for hydroxylation is 2. The molecular weight excluding hydrogens is 258 g/mol. The van der Waals surface area contributed by atoms with Gasteiger partial charge in [-0.2, -0.15) is 5.10 Å². The SMILES string of the molecule is CCc1cc(C(=O)NC(C)CBr)n(C)n1. The van der Waals surface area contributed by atoms with Crippen LogP contribution in [0.2, 0.25) is 0 Å². The lowest BCUT2D eigenvalue weighted by atomic mass is 10.3. The van der Waals surface area contributed by atoms with Gasteiger partial charge in [0.15, 0.2) is 0 Å². The molecule has 0 aromatic carbocycles. The molecule has 1 atom stereocenters. The fourth-order valence-corrected chi connectivity index (χ4v) is 1.41. The second kappa shape index (κ2) is 5.30. The smallest absolute Gasteiger partial charge is 0.269 e. The van der Waals surface area contributed by atoms with Crippen LogP contribution >= 0.6 is 15.9 Å². The number of carbonyl (C=O) groups excluding carboxylic acids is 1. The Balaban J connectivity index is 2.77. The first-order valence-corrected chi connectivity index (χ1v) is 6.10. The van der Waals surface area contributed by atoms with E-state index < -0.39 is 0 Å². The molecule has 0 spiro atoms. The molecule has 1 aromatic heterocycles.